The number of benzene rings is 2. The van der Waals surface area contributed by atoms with Crippen molar-refractivity contribution in [2.24, 2.45) is 0 Å². The van der Waals surface area contributed by atoms with Crippen LogP contribution in [0.3, 0.4) is 0 Å². The van der Waals surface area contributed by atoms with Crippen LogP contribution in [-0.4, -0.2) is 63.5 Å². The zero-order valence-electron chi connectivity index (χ0n) is 19.7. The Bertz CT molecular complexity index is 1140. The van der Waals surface area contributed by atoms with E-state index in [2.05, 4.69) is 10.6 Å². The van der Waals surface area contributed by atoms with Crippen LogP contribution in [-0.2, 0) is 14.8 Å². The fourth-order valence-corrected chi connectivity index (χ4v) is 3.80. The van der Waals surface area contributed by atoms with Gasteiger partial charge in [0.15, 0.2) is 0 Å². The molecule has 10 heteroatoms. The molecule has 33 heavy (non-hydrogen) atoms. The Balaban J connectivity index is 2.25. The molecule has 0 unspecified atom stereocenters. The van der Waals surface area contributed by atoms with E-state index in [1.54, 1.807) is 38.4 Å². The summed E-state index contributed by atoms with van der Waals surface area (Å²) in [5, 5.41) is 5.46. The molecule has 0 heterocycles. The number of hydrogen-bond donors (Lipinski definition) is 2. The smallest absolute Gasteiger partial charge is 0.253 e. The average molecular weight is 475 g/mol. The standard InChI is InChI=1S/C23H30N4O5S/c1-23(2,3)25-21(29)18-9-7-8-10-19(18)24-20(28)15-27(33(6,31)32)17-13-11-16(12-14-17)22(30)26(4)5/h7-14H,15H2,1-6H3,(H,24,28)(H,25,29). The molecule has 2 aromatic rings. The second-order valence-corrected chi connectivity index (χ2v) is 10.7. The van der Waals surface area contributed by atoms with Gasteiger partial charge in [-0.1, -0.05) is 12.1 Å². The predicted octanol–water partition coefficient (Wildman–Crippen LogP) is 2.32. The van der Waals surface area contributed by atoms with Crippen molar-refractivity contribution in [3.63, 3.8) is 0 Å². The lowest BCUT2D eigenvalue weighted by Crippen LogP contribution is -2.41. The summed E-state index contributed by atoms with van der Waals surface area (Å²) in [6.45, 7) is 5.02. The van der Waals surface area contributed by atoms with Gasteiger partial charge in [-0.3, -0.25) is 18.7 Å². The van der Waals surface area contributed by atoms with Crippen LogP contribution in [0.5, 0.6) is 0 Å². The van der Waals surface area contributed by atoms with Gasteiger partial charge >= 0.3 is 0 Å². The summed E-state index contributed by atoms with van der Waals surface area (Å²) in [4.78, 5) is 38.8. The molecule has 0 aliphatic carbocycles. The molecule has 2 aromatic carbocycles. The molecule has 0 aliphatic rings. The summed E-state index contributed by atoms with van der Waals surface area (Å²) in [5.74, 6) is -1.21. The number of para-hydroxylation sites is 1. The van der Waals surface area contributed by atoms with Crippen molar-refractivity contribution in [3.8, 4) is 0 Å². The van der Waals surface area contributed by atoms with Gasteiger partial charge in [0.05, 0.1) is 23.2 Å². The highest BCUT2D eigenvalue weighted by Gasteiger charge is 2.23. The lowest BCUT2D eigenvalue weighted by molar-refractivity contribution is -0.114. The molecule has 3 amide bonds. The minimum atomic E-state index is -3.81. The van der Waals surface area contributed by atoms with Crippen LogP contribution < -0.4 is 14.9 Å². The van der Waals surface area contributed by atoms with Crippen LogP contribution >= 0.6 is 0 Å². The van der Waals surface area contributed by atoms with Gasteiger partial charge in [0.25, 0.3) is 11.8 Å². The van der Waals surface area contributed by atoms with E-state index < -0.39 is 28.0 Å². The minimum Gasteiger partial charge on any atom is -0.347 e. The SMILES string of the molecule is CN(C)C(=O)c1ccc(N(CC(=O)Nc2ccccc2C(=O)NC(C)(C)C)S(C)(=O)=O)cc1. The van der Waals surface area contributed by atoms with Crippen molar-refractivity contribution in [2.45, 2.75) is 26.3 Å². The van der Waals surface area contributed by atoms with Crippen molar-refractivity contribution in [1.29, 1.82) is 0 Å². The normalized spacial score (nSPS) is 11.5. The summed E-state index contributed by atoms with van der Waals surface area (Å²) in [5.41, 5.74) is 0.687. The molecule has 0 spiro atoms. The van der Waals surface area contributed by atoms with Crippen LogP contribution in [0.25, 0.3) is 0 Å². The zero-order chi connectivity index (χ0) is 25.0. The van der Waals surface area contributed by atoms with Crippen LogP contribution in [0.1, 0.15) is 41.5 Å². The number of hydrogen-bond acceptors (Lipinski definition) is 5. The van der Waals surface area contributed by atoms with Crippen LogP contribution in [0.15, 0.2) is 48.5 Å². The number of carbonyl (C=O) groups excluding carboxylic acids is 3. The first-order valence-electron chi connectivity index (χ1n) is 10.2. The molecular formula is C23H30N4O5S. The Morgan fingerprint density at radius 3 is 2.03 bits per heavy atom. The molecule has 0 aromatic heterocycles. The fraction of sp³-hybridized carbons (Fsp3) is 0.348. The van der Waals surface area contributed by atoms with Crippen LogP contribution in [0.4, 0.5) is 11.4 Å². The van der Waals surface area contributed by atoms with Crippen LogP contribution in [0.2, 0.25) is 0 Å². The first-order chi connectivity index (χ1) is 15.2. The van der Waals surface area contributed by atoms with E-state index in [1.165, 1.54) is 29.2 Å². The fourth-order valence-electron chi connectivity index (χ4n) is 2.95. The van der Waals surface area contributed by atoms with Gasteiger partial charge < -0.3 is 15.5 Å². The molecule has 2 N–H and O–H groups in total. The molecule has 0 saturated carbocycles. The van der Waals surface area contributed by atoms with Crippen molar-refractivity contribution in [3.05, 3.63) is 59.7 Å². The average Bonchev–Trinajstić information content (AvgIpc) is 2.70. The molecule has 0 radical (unpaired) electrons. The Morgan fingerprint density at radius 1 is 0.939 bits per heavy atom. The number of nitrogens with zero attached hydrogens (tertiary/aromatic N) is 2. The van der Waals surface area contributed by atoms with Crippen molar-refractivity contribution in [2.75, 3.05) is 36.5 Å². The molecule has 0 fully saturated rings. The maximum Gasteiger partial charge on any atom is 0.253 e. The number of nitrogens with one attached hydrogen (secondary N) is 2. The first-order valence-corrected chi connectivity index (χ1v) is 12.0. The highest BCUT2D eigenvalue weighted by Crippen LogP contribution is 2.20. The van der Waals surface area contributed by atoms with Gasteiger partial charge in [-0.15, -0.1) is 0 Å². The van der Waals surface area contributed by atoms with Gasteiger partial charge in [0.2, 0.25) is 15.9 Å². The van der Waals surface area contributed by atoms with E-state index in [1.807, 2.05) is 20.8 Å². The summed E-state index contributed by atoms with van der Waals surface area (Å²) >= 11 is 0. The monoisotopic (exact) mass is 474 g/mol. The number of carbonyl (C=O) groups is 3. The Kier molecular flexibility index (Phi) is 7.86. The molecule has 178 valence electrons. The number of rotatable bonds is 7. The Labute approximate surface area is 194 Å². The summed E-state index contributed by atoms with van der Waals surface area (Å²) in [7, 11) is -0.579. The first kappa shape index (κ1) is 25.9. The van der Waals surface area contributed by atoms with Crippen molar-refractivity contribution < 1.29 is 22.8 Å². The molecule has 0 atom stereocenters. The predicted molar refractivity (Wildman–Crippen MR) is 129 cm³/mol. The third kappa shape index (κ3) is 7.31. The quantitative estimate of drug-likeness (QED) is 0.639. The highest BCUT2D eigenvalue weighted by atomic mass is 32.2. The van der Waals surface area contributed by atoms with Gasteiger partial charge in [-0.05, 0) is 57.2 Å². The second kappa shape index (κ2) is 10.0. The second-order valence-electron chi connectivity index (χ2n) is 8.81. The van der Waals surface area contributed by atoms with Gasteiger partial charge in [0, 0.05) is 25.2 Å². The zero-order valence-corrected chi connectivity index (χ0v) is 20.5. The maximum atomic E-state index is 12.8. The summed E-state index contributed by atoms with van der Waals surface area (Å²) in [6, 6.07) is 12.4. The maximum absolute atomic E-state index is 12.8. The van der Waals surface area contributed by atoms with E-state index in [4.69, 9.17) is 0 Å². The molecule has 9 nitrogen and oxygen atoms in total. The minimum absolute atomic E-state index is 0.227. The Morgan fingerprint density at radius 2 is 1.52 bits per heavy atom. The van der Waals surface area contributed by atoms with E-state index in [0.717, 1.165) is 10.6 Å². The number of amides is 3. The third-order valence-corrected chi connectivity index (χ3v) is 5.57. The topological polar surface area (TPSA) is 116 Å². The number of anilines is 2. The van der Waals surface area contributed by atoms with Crippen LogP contribution in [0, 0.1) is 0 Å². The Hall–Kier alpha value is -3.40. The lowest BCUT2D eigenvalue weighted by atomic mass is 10.1. The number of sulfonamides is 1. The largest absolute Gasteiger partial charge is 0.347 e. The molecular weight excluding hydrogens is 444 g/mol. The molecule has 0 bridgehead atoms. The molecule has 0 aliphatic heterocycles. The van der Waals surface area contributed by atoms with Crippen molar-refractivity contribution >= 4 is 39.1 Å². The van der Waals surface area contributed by atoms with Crippen molar-refractivity contribution in [1.82, 2.24) is 10.2 Å². The van der Waals surface area contributed by atoms with Gasteiger partial charge in [-0.2, -0.15) is 0 Å². The third-order valence-electron chi connectivity index (χ3n) is 4.43. The summed E-state index contributed by atoms with van der Waals surface area (Å²) < 4.78 is 25.7. The molecule has 0 saturated heterocycles. The molecule has 2 rings (SSSR count). The van der Waals surface area contributed by atoms with Gasteiger partial charge in [0.1, 0.15) is 6.54 Å². The van der Waals surface area contributed by atoms with E-state index >= 15 is 0 Å². The lowest BCUT2D eigenvalue weighted by Gasteiger charge is -2.23. The van der Waals surface area contributed by atoms with Gasteiger partial charge in [-0.25, -0.2) is 8.42 Å². The highest BCUT2D eigenvalue weighted by molar-refractivity contribution is 7.92. The van der Waals surface area contributed by atoms with E-state index in [0.29, 0.717) is 5.56 Å². The van der Waals surface area contributed by atoms with E-state index in [9.17, 15) is 22.8 Å². The van der Waals surface area contributed by atoms with E-state index in [-0.39, 0.29) is 28.8 Å². The summed E-state index contributed by atoms with van der Waals surface area (Å²) in [6.07, 6.45) is 0.990.